The van der Waals surface area contributed by atoms with E-state index < -0.39 is 11.7 Å². The predicted octanol–water partition coefficient (Wildman–Crippen LogP) is 4.01. The molecule has 0 fully saturated rings. The molecule has 2 aromatic rings. The highest BCUT2D eigenvalue weighted by Crippen LogP contribution is 2.36. The minimum absolute atomic E-state index is 0.000697. The number of nitrogens with zero attached hydrogens (tertiary/aromatic N) is 2. The number of hydrogen-bond acceptors (Lipinski definition) is 2. The largest absolute Gasteiger partial charge is 0.418 e. The van der Waals surface area contributed by atoms with Crippen molar-refractivity contribution in [1.82, 2.24) is 9.78 Å². The van der Waals surface area contributed by atoms with Gasteiger partial charge in [-0.2, -0.15) is 18.3 Å². The average Bonchev–Trinajstić information content (AvgIpc) is 2.65. The Morgan fingerprint density at radius 1 is 1.30 bits per heavy atom. The lowest BCUT2D eigenvalue weighted by atomic mass is 10.1. The smallest absolute Gasteiger partial charge is 0.379 e. The van der Waals surface area contributed by atoms with Gasteiger partial charge in [-0.05, 0) is 31.2 Å². The highest BCUT2D eigenvalue weighted by molar-refractivity contribution is 6.30. The van der Waals surface area contributed by atoms with Gasteiger partial charge >= 0.3 is 6.18 Å². The molecule has 1 aromatic carbocycles. The summed E-state index contributed by atoms with van der Waals surface area (Å²) in [6.45, 7) is 2.08. The first-order valence-electron chi connectivity index (χ1n) is 5.87. The zero-order valence-electron chi connectivity index (χ0n) is 10.9. The Bertz CT molecular complexity index is 620. The second-order valence-corrected chi connectivity index (χ2v) is 4.88. The quantitative estimate of drug-likeness (QED) is 0.928. The number of aryl methyl sites for hydroxylation is 2. The first-order chi connectivity index (χ1) is 9.27. The van der Waals surface area contributed by atoms with Crippen LogP contribution in [0.1, 0.15) is 17.0 Å². The van der Waals surface area contributed by atoms with E-state index in [1.54, 1.807) is 11.7 Å². The van der Waals surface area contributed by atoms with E-state index in [1.807, 2.05) is 13.0 Å². The number of alkyl halides is 3. The molecule has 0 atom stereocenters. The van der Waals surface area contributed by atoms with Crippen LogP contribution in [0.5, 0.6) is 0 Å². The molecule has 0 unspecified atom stereocenters. The first kappa shape index (κ1) is 14.7. The van der Waals surface area contributed by atoms with Gasteiger partial charge in [-0.25, -0.2) is 0 Å². The van der Waals surface area contributed by atoms with E-state index in [0.717, 1.165) is 17.5 Å². The number of nitrogens with one attached hydrogen (secondary N) is 1. The summed E-state index contributed by atoms with van der Waals surface area (Å²) in [4.78, 5) is 0. The van der Waals surface area contributed by atoms with Gasteiger partial charge in [0.25, 0.3) is 0 Å². The number of aromatic nitrogens is 2. The van der Waals surface area contributed by atoms with Gasteiger partial charge in [-0.3, -0.25) is 4.68 Å². The topological polar surface area (TPSA) is 29.9 Å². The van der Waals surface area contributed by atoms with E-state index in [-0.39, 0.29) is 17.3 Å². The number of benzene rings is 1. The van der Waals surface area contributed by atoms with Crippen molar-refractivity contribution in [2.24, 2.45) is 7.05 Å². The highest BCUT2D eigenvalue weighted by Gasteiger charge is 2.33. The van der Waals surface area contributed by atoms with E-state index in [9.17, 15) is 13.2 Å². The van der Waals surface area contributed by atoms with Gasteiger partial charge in [-0.15, -0.1) is 0 Å². The molecule has 0 saturated heterocycles. The Morgan fingerprint density at radius 3 is 2.55 bits per heavy atom. The molecule has 20 heavy (non-hydrogen) atoms. The molecule has 2 rings (SSSR count). The van der Waals surface area contributed by atoms with Crippen LogP contribution in [-0.4, -0.2) is 9.78 Å². The van der Waals surface area contributed by atoms with Crippen LogP contribution in [0.4, 0.5) is 18.9 Å². The van der Waals surface area contributed by atoms with Crippen LogP contribution >= 0.6 is 11.6 Å². The molecule has 0 spiro atoms. The van der Waals surface area contributed by atoms with Gasteiger partial charge in [0.1, 0.15) is 0 Å². The SMILES string of the molecule is Cc1cc(CNc2ccc(Cl)cc2C(F)(F)F)n(C)n1. The van der Waals surface area contributed by atoms with Crippen molar-refractivity contribution in [2.45, 2.75) is 19.6 Å². The molecule has 7 heteroatoms. The third-order valence-electron chi connectivity index (χ3n) is 2.85. The van der Waals surface area contributed by atoms with E-state index >= 15 is 0 Å². The van der Waals surface area contributed by atoms with Crippen molar-refractivity contribution in [3.05, 3.63) is 46.2 Å². The summed E-state index contributed by atoms with van der Waals surface area (Å²) in [5.74, 6) is 0. The van der Waals surface area contributed by atoms with Crippen LogP contribution in [0.2, 0.25) is 5.02 Å². The summed E-state index contributed by atoms with van der Waals surface area (Å²) in [5, 5.41) is 6.97. The van der Waals surface area contributed by atoms with Gasteiger partial charge in [0.05, 0.1) is 23.5 Å². The molecular weight excluding hydrogens is 291 g/mol. The van der Waals surface area contributed by atoms with Gasteiger partial charge in [0.2, 0.25) is 0 Å². The molecule has 0 aliphatic rings. The van der Waals surface area contributed by atoms with Crippen molar-refractivity contribution in [3.63, 3.8) is 0 Å². The second kappa shape index (κ2) is 5.36. The van der Waals surface area contributed by atoms with Gasteiger partial charge in [0.15, 0.2) is 0 Å². The van der Waals surface area contributed by atoms with E-state index in [2.05, 4.69) is 10.4 Å². The van der Waals surface area contributed by atoms with Crippen LogP contribution in [0.3, 0.4) is 0 Å². The molecule has 0 radical (unpaired) electrons. The molecule has 1 aromatic heterocycles. The average molecular weight is 304 g/mol. The monoisotopic (exact) mass is 303 g/mol. The molecule has 108 valence electrons. The molecule has 0 aliphatic carbocycles. The summed E-state index contributed by atoms with van der Waals surface area (Å²) in [6.07, 6.45) is -4.45. The molecule has 0 amide bonds. The van der Waals surface area contributed by atoms with Crippen LogP contribution in [0.15, 0.2) is 24.3 Å². The fourth-order valence-corrected chi connectivity index (χ4v) is 2.09. The normalized spacial score (nSPS) is 11.7. The zero-order chi connectivity index (χ0) is 14.9. The predicted molar refractivity (Wildman–Crippen MR) is 71.7 cm³/mol. The summed E-state index contributed by atoms with van der Waals surface area (Å²) < 4.78 is 40.4. The molecule has 1 heterocycles. The molecule has 0 aliphatic heterocycles. The fourth-order valence-electron chi connectivity index (χ4n) is 1.92. The van der Waals surface area contributed by atoms with E-state index in [4.69, 9.17) is 11.6 Å². The zero-order valence-corrected chi connectivity index (χ0v) is 11.7. The van der Waals surface area contributed by atoms with Crippen LogP contribution in [0, 0.1) is 6.92 Å². The van der Waals surface area contributed by atoms with Gasteiger partial charge in [-0.1, -0.05) is 11.6 Å². The first-order valence-corrected chi connectivity index (χ1v) is 6.25. The third kappa shape index (κ3) is 3.25. The number of rotatable bonds is 3. The Morgan fingerprint density at radius 2 is 2.00 bits per heavy atom. The van der Waals surface area contributed by atoms with Crippen LogP contribution < -0.4 is 5.32 Å². The second-order valence-electron chi connectivity index (χ2n) is 4.44. The van der Waals surface area contributed by atoms with Crippen molar-refractivity contribution in [2.75, 3.05) is 5.32 Å². The Labute approximate surface area is 119 Å². The maximum Gasteiger partial charge on any atom is 0.418 e. The van der Waals surface area contributed by atoms with Crippen molar-refractivity contribution < 1.29 is 13.2 Å². The van der Waals surface area contributed by atoms with Crippen LogP contribution in [0.25, 0.3) is 0 Å². The summed E-state index contributed by atoms with van der Waals surface area (Å²) in [7, 11) is 1.75. The lowest BCUT2D eigenvalue weighted by Crippen LogP contribution is -2.12. The molecule has 3 nitrogen and oxygen atoms in total. The minimum atomic E-state index is -4.45. The summed E-state index contributed by atoms with van der Waals surface area (Å²) in [5.41, 5.74) is 0.840. The number of halogens is 4. The Hall–Kier alpha value is -1.69. The number of hydrogen-bond donors (Lipinski definition) is 1. The third-order valence-corrected chi connectivity index (χ3v) is 3.08. The molecule has 0 saturated carbocycles. The van der Waals surface area contributed by atoms with E-state index in [1.165, 1.54) is 12.1 Å². The van der Waals surface area contributed by atoms with Crippen molar-refractivity contribution in [1.29, 1.82) is 0 Å². The molecule has 1 N–H and O–H groups in total. The Kier molecular flexibility index (Phi) is 3.94. The van der Waals surface area contributed by atoms with Crippen molar-refractivity contribution in [3.8, 4) is 0 Å². The maximum atomic E-state index is 12.9. The minimum Gasteiger partial charge on any atom is -0.379 e. The standard InChI is InChI=1S/C13H13ClF3N3/c1-8-5-10(20(2)19-8)7-18-12-4-3-9(14)6-11(12)13(15,16)17/h3-6,18H,7H2,1-2H3. The molecular formula is C13H13ClF3N3. The van der Waals surface area contributed by atoms with Crippen LogP contribution in [-0.2, 0) is 19.8 Å². The van der Waals surface area contributed by atoms with Gasteiger partial charge < -0.3 is 5.32 Å². The molecule has 0 bridgehead atoms. The summed E-state index contributed by atoms with van der Waals surface area (Å²) >= 11 is 5.63. The van der Waals surface area contributed by atoms with E-state index in [0.29, 0.717) is 0 Å². The lowest BCUT2D eigenvalue weighted by molar-refractivity contribution is -0.136. The summed E-state index contributed by atoms with van der Waals surface area (Å²) in [6, 6.07) is 5.48. The van der Waals surface area contributed by atoms with Gasteiger partial charge in [0, 0.05) is 17.8 Å². The lowest BCUT2D eigenvalue weighted by Gasteiger charge is -2.15. The Balaban J connectivity index is 2.23. The van der Waals surface area contributed by atoms with Crippen molar-refractivity contribution >= 4 is 17.3 Å². The fraction of sp³-hybridized carbons (Fsp3) is 0.308. The maximum absolute atomic E-state index is 12.9. The number of anilines is 1. The highest BCUT2D eigenvalue weighted by atomic mass is 35.5.